The Bertz CT molecular complexity index is 986. The summed E-state index contributed by atoms with van der Waals surface area (Å²) in [6.07, 6.45) is -0.550. The van der Waals surface area contributed by atoms with E-state index in [9.17, 15) is 14.4 Å². The molecule has 1 unspecified atom stereocenters. The summed E-state index contributed by atoms with van der Waals surface area (Å²) >= 11 is 5.99. The number of halogens is 1. The fourth-order valence-corrected chi connectivity index (χ4v) is 3.71. The van der Waals surface area contributed by atoms with E-state index < -0.39 is 24.0 Å². The SMILES string of the molecule is COc1ccc(Cl)cc1NC(=O)CN1NC2N(CCN2c2ccccc2)C(=O)C1=O. The minimum absolute atomic E-state index is 0.354. The molecule has 2 aromatic rings. The summed E-state index contributed by atoms with van der Waals surface area (Å²) in [5.74, 6) is -1.50. The van der Waals surface area contributed by atoms with Gasteiger partial charge in [-0.2, -0.15) is 5.43 Å². The molecular weight excluding hydrogens is 410 g/mol. The number of fused-ring (bicyclic) bond motifs is 1. The highest BCUT2D eigenvalue weighted by Crippen LogP contribution is 2.28. The van der Waals surface area contributed by atoms with Crippen molar-refractivity contribution in [2.24, 2.45) is 0 Å². The van der Waals surface area contributed by atoms with Gasteiger partial charge in [0, 0.05) is 23.8 Å². The second-order valence-electron chi connectivity index (χ2n) is 6.81. The van der Waals surface area contributed by atoms with Crippen LogP contribution in [0.25, 0.3) is 0 Å². The Balaban J connectivity index is 1.49. The van der Waals surface area contributed by atoms with Crippen molar-refractivity contribution in [3.63, 3.8) is 0 Å². The summed E-state index contributed by atoms with van der Waals surface area (Å²) in [5, 5.41) is 4.13. The fourth-order valence-electron chi connectivity index (χ4n) is 3.54. The first-order chi connectivity index (χ1) is 14.5. The summed E-state index contributed by atoms with van der Waals surface area (Å²) in [6, 6.07) is 14.4. The molecule has 30 heavy (non-hydrogen) atoms. The van der Waals surface area contributed by atoms with Gasteiger partial charge in [-0.15, -0.1) is 0 Å². The number of amides is 3. The predicted molar refractivity (Wildman–Crippen MR) is 111 cm³/mol. The maximum Gasteiger partial charge on any atom is 0.326 e. The molecule has 2 aliphatic rings. The van der Waals surface area contributed by atoms with Crippen LogP contribution in [0.3, 0.4) is 0 Å². The highest BCUT2D eigenvalue weighted by Gasteiger charge is 2.45. The third kappa shape index (κ3) is 3.77. The van der Waals surface area contributed by atoms with Crippen molar-refractivity contribution < 1.29 is 19.1 Å². The van der Waals surface area contributed by atoms with Crippen LogP contribution in [-0.2, 0) is 14.4 Å². The van der Waals surface area contributed by atoms with E-state index in [-0.39, 0.29) is 6.54 Å². The van der Waals surface area contributed by atoms with Crippen LogP contribution in [-0.4, -0.2) is 60.7 Å². The van der Waals surface area contributed by atoms with Crippen LogP contribution >= 0.6 is 11.6 Å². The lowest BCUT2D eigenvalue weighted by Gasteiger charge is -2.40. The second-order valence-corrected chi connectivity index (χ2v) is 7.25. The molecular formula is C20H20ClN5O4. The van der Waals surface area contributed by atoms with Crippen LogP contribution < -0.4 is 20.4 Å². The molecule has 2 N–H and O–H groups in total. The van der Waals surface area contributed by atoms with Gasteiger partial charge in [-0.05, 0) is 30.3 Å². The zero-order valence-corrected chi connectivity index (χ0v) is 16.9. The van der Waals surface area contributed by atoms with E-state index in [1.807, 2.05) is 35.2 Å². The molecule has 1 atom stereocenters. The number of rotatable bonds is 5. The molecule has 0 aliphatic carbocycles. The molecule has 0 bridgehead atoms. The molecule has 10 heteroatoms. The van der Waals surface area contributed by atoms with E-state index in [0.717, 1.165) is 10.7 Å². The number of methoxy groups -OCH3 is 1. The topological polar surface area (TPSA) is 94.2 Å². The van der Waals surface area contributed by atoms with Gasteiger partial charge in [0.05, 0.1) is 12.8 Å². The number of hydrogen-bond donors (Lipinski definition) is 2. The van der Waals surface area contributed by atoms with E-state index in [0.29, 0.717) is 29.5 Å². The first-order valence-electron chi connectivity index (χ1n) is 9.31. The number of hydrogen-bond acceptors (Lipinski definition) is 6. The molecule has 2 saturated heterocycles. The highest BCUT2D eigenvalue weighted by molar-refractivity contribution is 6.35. The smallest absolute Gasteiger partial charge is 0.326 e. The molecule has 0 spiro atoms. The van der Waals surface area contributed by atoms with Crippen LogP contribution in [0.15, 0.2) is 48.5 Å². The Morgan fingerprint density at radius 1 is 1.13 bits per heavy atom. The fraction of sp³-hybridized carbons (Fsp3) is 0.250. The maximum absolute atomic E-state index is 12.6. The lowest BCUT2D eigenvalue weighted by molar-refractivity contribution is -0.163. The summed E-state index contributed by atoms with van der Waals surface area (Å²) in [6.45, 7) is 0.630. The average molecular weight is 430 g/mol. The van der Waals surface area contributed by atoms with Gasteiger partial charge in [-0.25, -0.2) is 0 Å². The van der Waals surface area contributed by atoms with Gasteiger partial charge in [-0.1, -0.05) is 29.8 Å². The van der Waals surface area contributed by atoms with Gasteiger partial charge < -0.3 is 15.0 Å². The molecule has 0 aromatic heterocycles. The van der Waals surface area contributed by atoms with Gasteiger partial charge in [0.2, 0.25) is 5.91 Å². The molecule has 156 valence electrons. The standard InChI is InChI=1S/C20H20ClN5O4/c1-30-16-8-7-13(21)11-15(16)22-17(27)12-26-19(29)18(28)25-10-9-24(20(25)23-26)14-5-3-2-4-6-14/h2-8,11,20,23H,9-10,12H2,1H3,(H,22,27). The zero-order chi connectivity index (χ0) is 21.3. The minimum Gasteiger partial charge on any atom is -0.495 e. The van der Waals surface area contributed by atoms with Gasteiger partial charge >= 0.3 is 11.8 Å². The molecule has 0 saturated carbocycles. The molecule has 4 rings (SSSR count). The number of nitrogens with one attached hydrogen (secondary N) is 2. The second kappa shape index (κ2) is 8.21. The summed E-state index contributed by atoms with van der Waals surface area (Å²) in [4.78, 5) is 41.1. The summed E-state index contributed by atoms with van der Waals surface area (Å²) in [5.41, 5.74) is 4.28. The van der Waals surface area contributed by atoms with Crippen molar-refractivity contribution in [2.45, 2.75) is 6.29 Å². The first kappa shape index (κ1) is 20.0. The molecule has 0 radical (unpaired) electrons. The number of ether oxygens (including phenoxy) is 1. The van der Waals surface area contributed by atoms with Crippen LogP contribution in [0, 0.1) is 0 Å². The van der Waals surface area contributed by atoms with Crippen LogP contribution in [0.2, 0.25) is 5.02 Å². The molecule has 2 aliphatic heterocycles. The highest BCUT2D eigenvalue weighted by atomic mass is 35.5. The Labute approximate surface area is 178 Å². The van der Waals surface area contributed by atoms with Crippen LogP contribution in [0.1, 0.15) is 0 Å². The number of benzene rings is 2. The van der Waals surface area contributed by atoms with Crippen molar-refractivity contribution >= 4 is 40.7 Å². The van der Waals surface area contributed by atoms with Crippen molar-refractivity contribution in [1.82, 2.24) is 15.3 Å². The van der Waals surface area contributed by atoms with Gasteiger partial charge in [0.1, 0.15) is 12.3 Å². The average Bonchev–Trinajstić information content (AvgIpc) is 3.16. The lowest BCUT2D eigenvalue weighted by Crippen LogP contribution is -2.68. The van der Waals surface area contributed by atoms with E-state index in [4.69, 9.17) is 16.3 Å². The van der Waals surface area contributed by atoms with Gasteiger partial charge in [0.25, 0.3) is 0 Å². The number of para-hydroxylation sites is 1. The molecule has 9 nitrogen and oxygen atoms in total. The van der Waals surface area contributed by atoms with Crippen LogP contribution in [0.4, 0.5) is 11.4 Å². The summed E-state index contributed by atoms with van der Waals surface area (Å²) in [7, 11) is 1.47. The van der Waals surface area contributed by atoms with E-state index in [1.165, 1.54) is 12.0 Å². The third-order valence-electron chi connectivity index (χ3n) is 4.96. The minimum atomic E-state index is -0.783. The Morgan fingerprint density at radius 2 is 1.87 bits per heavy atom. The Morgan fingerprint density at radius 3 is 2.60 bits per heavy atom. The largest absolute Gasteiger partial charge is 0.495 e. The van der Waals surface area contributed by atoms with Crippen LogP contribution in [0.5, 0.6) is 5.75 Å². The van der Waals surface area contributed by atoms with Crippen molar-refractivity contribution in [3.05, 3.63) is 53.6 Å². The van der Waals surface area contributed by atoms with E-state index >= 15 is 0 Å². The quantitative estimate of drug-likeness (QED) is 0.695. The third-order valence-corrected chi connectivity index (χ3v) is 5.19. The molecule has 2 fully saturated rings. The monoisotopic (exact) mass is 429 g/mol. The number of carbonyl (C=O) groups is 3. The molecule has 3 amide bonds. The number of hydrazine groups is 1. The predicted octanol–water partition coefficient (Wildman–Crippen LogP) is 1.27. The lowest BCUT2D eigenvalue weighted by atomic mass is 10.3. The van der Waals surface area contributed by atoms with Crippen molar-refractivity contribution in [1.29, 1.82) is 0 Å². The zero-order valence-electron chi connectivity index (χ0n) is 16.2. The van der Waals surface area contributed by atoms with Crippen molar-refractivity contribution in [3.8, 4) is 5.75 Å². The molecule has 2 aromatic carbocycles. The summed E-state index contributed by atoms with van der Waals surface area (Å²) < 4.78 is 5.21. The Hall–Kier alpha value is -3.30. The normalized spacial score (nSPS) is 18.5. The van der Waals surface area contributed by atoms with Gasteiger partial charge in [-0.3, -0.25) is 24.3 Å². The van der Waals surface area contributed by atoms with E-state index in [1.54, 1.807) is 18.2 Å². The maximum atomic E-state index is 12.6. The van der Waals surface area contributed by atoms with Gasteiger partial charge in [0.15, 0.2) is 6.29 Å². The first-order valence-corrected chi connectivity index (χ1v) is 9.69. The van der Waals surface area contributed by atoms with E-state index in [2.05, 4.69) is 10.7 Å². The number of anilines is 2. The Kier molecular flexibility index (Phi) is 5.47. The van der Waals surface area contributed by atoms with Crippen molar-refractivity contribution in [2.75, 3.05) is 37.0 Å². The number of nitrogens with zero attached hydrogens (tertiary/aromatic N) is 3. The number of carbonyl (C=O) groups excluding carboxylic acids is 3. The molecule has 2 heterocycles.